The molecule has 0 saturated carbocycles. The molecular weight excluding hydrogens is 240 g/mol. The van der Waals surface area contributed by atoms with Gasteiger partial charge in [-0.1, -0.05) is 6.07 Å². The van der Waals surface area contributed by atoms with Crippen molar-refractivity contribution in [2.75, 3.05) is 19.6 Å². The molecule has 2 aromatic rings. The first-order valence-electron chi connectivity index (χ1n) is 6.62. The molecule has 1 aliphatic heterocycles. The summed E-state index contributed by atoms with van der Waals surface area (Å²) in [5.41, 5.74) is 3.35. The highest BCUT2D eigenvalue weighted by Crippen LogP contribution is 2.14. The van der Waals surface area contributed by atoms with Crippen LogP contribution >= 0.6 is 0 Å². The predicted octanol–water partition coefficient (Wildman–Crippen LogP) is 0.451. The van der Waals surface area contributed by atoms with Crippen LogP contribution in [0.3, 0.4) is 0 Å². The maximum absolute atomic E-state index is 11.7. The van der Waals surface area contributed by atoms with Gasteiger partial charge in [-0.2, -0.15) is 0 Å². The third-order valence-corrected chi connectivity index (χ3v) is 3.66. The maximum atomic E-state index is 11.7. The van der Waals surface area contributed by atoms with E-state index in [9.17, 15) is 4.79 Å². The summed E-state index contributed by atoms with van der Waals surface area (Å²) in [5.74, 6) is 0.330. The molecule has 19 heavy (non-hydrogen) atoms. The minimum absolute atomic E-state index is 0.165. The number of carbonyl (C=O) groups is 1. The lowest BCUT2D eigenvalue weighted by Crippen LogP contribution is -2.51. The first kappa shape index (κ1) is 12.2. The first-order chi connectivity index (χ1) is 9.24. The molecule has 5 heteroatoms. The summed E-state index contributed by atoms with van der Waals surface area (Å²) in [6.45, 7) is 2.31. The van der Waals surface area contributed by atoms with Gasteiger partial charge >= 0.3 is 0 Å². The fourth-order valence-corrected chi connectivity index (χ4v) is 2.29. The topological polar surface area (TPSA) is 59.0 Å². The van der Waals surface area contributed by atoms with Crippen molar-refractivity contribution in [3.05, 3.63) is 30.1 Å². The van der Waals surface area contributed by atoms with Gasteiger partial charge in [0.25, 0.3) is 0 Å². The normalized spacial score (nSPS) is 15.4. The number of aromatic nitrogens is 2. The van der Waals surface area contributed by atoms with Gasteiger partial charge in [-0.25, -0.2) is 4.98 Å². The molecule has 100 valence electrons. The molecule has 1 aromatic carbocycles. The van der Waals surface area contributed by atoms with Gasteiger partial charge in [-0.05, 0) is 24.1 Å². The molecule has 0 atom stereocenters. The number of rotatable bonds is 4. The number of hydrogen-bond acceptors (Lipinski definition) is 3. The van der Waals surface area contributed by atoms with Crippen LogP contribution in [0.5, 0.6) is 0 Å². The van der Waals surface area contributed by atoms with Crippen molar-refractivity contribution in [1.82, 2.24) is 20.2 Å². The van der Waals surface area contributed by atoms with E-state index >= 15 is 0 Å². The average molecular weight is 258 g/mol. The van der Waals surface area contributed by atoms with Gasteiger partial charge < -0.3 is 15.2 Å². The summed E-state index contributed by atoms with van der Waals surface area (Å²) < 4.78 is 2.00. The fraction of sp³-hybridized carbons (Fsp3) is 0.429. The van der Waals surface area contributed by atoms with Crippen LogP contribution in [0.4, 0.5) is 0 Å². The van der Waals surface area contributed by atoms with E-state index in [2.05, 4.69) is 33.8 Å². The van der Waals surface area contributed by atoms with E-state index in [1.807, 2.05) is 17.9 Å². The smallest absolute Gasteiger partial charge is 0.225 e. The molecule has 2 N–H and O–H groups in total. The predicted molar refractivity (Wildman–Crippen MR) is 73.8 cm³/mol. The Labute approximate surface area is 112 Å². The number of nitrogens with zero attached hydrogens (tertiary/aromatic N) is 2. The van der Waals surface area contributed by atoms with Crippen molar-refractivity contribution >= 4 is 16.9 Å². The molecule has 0 spiro atoms. The molecule has 0 bridgehead atoms. The molecule has 1 aliphatic rings. The summed E-state index contributed by atoms with van der Waals surface area (Å²) in [4.78, 5) is 16.0. The fourth-order valence-electron chi connectivity index (χ4n) is 2.29. The molecular formula is C14H18N4O. The Balaban J connectivity index is 1.57. The van der Waals surface area contributed by atoms with Crippen molar-refractivity contribution in [1.29, 1.82) is 0 Å². The standard InChI is InChI=1S/C14H18N4O/c1-18-9-17-12-6-10(2-3-13(12)18)4-5-16-14(19)11-7-15-8-11/h2-3,6,9,11,15H,4-5,7-8H2,1H3,(H,16,19). The minimum Gasteiger partial charge on any atom is -0.355 e. The summed E-state index contributed by atoms with van der Waals surface area (Å²) in [7, 11) is 1.99. The molecule has 0 radical (unpaired) electrons. The lowest BCUT2D eigenvalue weighted by atomic mass is 10.0. The van der Waals surface area contributed by atoms with Crippen molar-refractivity contribution in [3.63, 3.8) is 0 Å². The lowest BCUT2D eigenvalue weighted by molar-refractivity contribution is -0.126. The number of amides is 1. The van der Waals surface area contributed by atoms with E-state index in [1.54, 1.807) is 0 Å². The van der Waals surface area contributed by atoms with Gasteiger partial charge in [-0.3, -0.25) is 4.79 Å². The van der Waals surface area contributed by atoms with Crippen molar-refractivity contribution < 1.29 is 4.79 Å². The third-order valence-electron chi connectivity index (χ3n) is 3.66. The van der Waals surface area contributed by atoms with Crippen LogP contribution < -0.4 is 10.6 Å². The highest BCUT2D eigenvalue weighted by molar-refractivity contribution is 5.80. The zero-order valence-electron chi connectivity index (χ0n) is 11.0. The van der Waals surface area contributed by atoms with Crippen molar-refractivity contribution in [2.45, 2.75) is 6.42 Å². The molecule has 1 fully saturated rings. The van der Waals surface area contributed by atoms with E-state index < -0.39 is 0 Å². The van der Waals surface area contributed by atoms with Gasteiger partial charge in [0.1, 0.15) is 0 Å². The van der Waals surface area contributed by atoms with Crippen LogP contribution in [-0.4, -0.2) is 35.1 Å². The number of aryl methyl sites for hydroxylation is 1. The number of carbonyl (C=O) groups excluding carboxylic acids is 1. The zero-order chi connectivity index (χ0) is 13.2. The number of fused-ring (bicyclic) bond motifs is 1. The monoisotopic (exact) mass is 258 g/mol. The minimum atomic E-state index is 0.165. The Bertz CT molecular complexity index is 601. The molecule has 1 saturated heterocycles. The number of nitrogens with one attached hydrogen (secondary N) is 2. The van der Waals surface area contributed by atoms with Gasteiger partial charge in [0, 0.05) is 26.7 Å². The third kappa shape index (κ3) is 2.46. The van der Waals surface area contributed by atoms with E-state index in [1.165, 1.54) is 5.56 Å². The molecule has 1 aromatic heterocycles. The second-order valence-electron chi connectivity index (χ2n) is 5.07. The van der Waals surface area contributed by atoms with E-state index in [-0.39, 0.29) is 11.8 Å². The number of benzene rings is 1. The van der Waals surface area contributed by atoms with Gasteiger partial charge in [0.05, 0.1) is 23.3 Å². The average Bonchev–Trinajstić information content (AvgIpc) is 2.69. The summed E-state index contributed by atoms with van der Waals surface area (Å²) in [5, 5.41) is 6.08. The highest BCUT2D eigenvalue weighted by atomic mass is 16.2. The zero-order valence-corrected chi connectivity index (χ0v) is 11.0. The molecule has 0 unspecified atom stereocenters. The highest BCUT2D eigenvalue weighted by Gasteiger charge is 2.24. The van der Waals surface area contributed by atoms with Crippen LogP contribution in [0.1, 0.15) is 5.56 Å². The summed E-state index contributed by atoms with van der Waals surface area (Å²) in [6, 6.07) is 6.27. The number of hydrogen-bond donors (Lipinski definition) is 2. The van der Waals surface area contributed by atoms with E-state index in [0.717, 1.165) is 30.5 Å². The van der Waals surface area contributed by atoms with E-state index in [0.29, 0.717) is 6.54 Å². The largest absolute Gasteiger partial charge is 0.355 e. The molecule has 5 nitrogen and oxygen atoms in total. The second-order valence-corrected chi connectivity index (χ2v) is 5.07. The second kappa shape index (κ2) is 5.01. The van der Waals surface area contributed by atoms with Gasteiger partial charge in [0.2, 0.25) is 5.91 Å². The molecule has 2 heterocycles. The van der Waals surface area contributed by atoms with Crippen LogP contribution in [0, 0.1) is 5.92 Å². The SMILES string of the molecule is Cn1cnc2cc(CCNC(=O)C3CNC3)ccc21. The van der Waals surface area contributed by atoms with Gasteiger partial charge in [-0.15, -0.1) is 0 Å². The maximum Gasteiger partial charge on any atom is 0.225 e. The van der Waals surface area contributed by atoms with Crippen LogP contribution in [0.15, 0.2) is 24.5 Å². The Morgan fingerprint density at radius 2 is 2.37 bits per heavy atom. The van der Waals surface area contributed by atoms with E-state index in [4.69, 9.17) is 0 Å². The van der Waals surface area contributed by atoms with Crippen LogP contribution in [-0.2, 0) is 18.3 Å². The Hall–Kier alpha value is -1.88. The van der Waals surface area contributed by atoms with Crippen LogP contribution in [0.2, 0.25) is 0 Å². The van der Waals surface area contributed by atoms with Crippen molar-refractivity contribution in [3.8, 4) is 0 Å². The lowest BCUT2D eigenvalue weighted by Gasteiger charge is -2.25. The van der Waals surface area contributed by atoms with Crippen molar-refractivity contribution in [2.24, 2.45) is 13.0 Å². The molecule has 1 amide bonds. The van der Waals surface area contributed by atoms with Gasteiger partial charge in [0.15, 0.2) is 0 Å². The first-order valence-corrected chi connectivity index (χ1v) is 6.62. The Morgan fingerprint density at radius 3 is 3.11 bits per heavy atom. The number of imidazole rings is 1. The Kier molecular flexibility index (Phi) is 3.21. The Morgan fingerprint density at radius 1 is 1.53 bits per heavy atom. The quantitative estimate of drug-likeness (QED) is 0.837. The molecule has 0 aliphatic carbocycles. The molecule has 3 rings (SSSR count). The summed E-state index contributed by atoms with van der Waals surface area (Å²) >= 11 is 0. The summed E-state index contributed by atoms with van der Waals surface area (Å²) in [6.07, 6.45) is 2.66. The van der Waals surface area contributed by atoms with Crippen LogP contribution in [0.25, 0.3) is 11.0 Å².